The molecule has 3 aromatic rings. The molecule has 0 radical (unpaired) electrons. The molecule has 0 bridgehead atoms. The number of hydrogen-bond donors (Lipinski definition) is 1. The predicted octanol–water partition coefficient (Wildman–Crippen LogP) is 3.29. The second-order valence-electron chi connectivity index (χ2n) is 5.92. The molecule has 0 aliphatic carbocycles. The Labute approximate surface area is 152 Å². The Bertz CT molecular complexity index is 1040. The summed E-state index contributed by atoms with van der Waals surface area (Å²) in [5.41, 5.74) is 1.06. The van der Waals surface area contributed by atoms with E-state index in [1.807, 2.05) is 6.07 Å². The van der Waals surface area contributed by atoms with Gasteiger partial charge >= 0.3 is 6.18 Å². The topological polar surface area (TPSA) is 64.0 Å². The molecular weight excluding hydrogens is 359 g/mol. The fourth-order valence-corrected chi connectivity index (χ4v) is 2.78. The second kappa shape index (κ2) is 7.22. The number of alkyl halides is 3. The third kappa shape index (κ3) is 3.84. The number of halogens is 3. The van der Waals surface area contributed by atoms with Crippen LogP contribution in [0, 0.1) is 0 Å². The van der Waals surface area contributed by atoms with Gasteiger partial charge in [-0.2, -0.15) is 13.2 Å². The van der Waals surface area contributed by atoms with Gasteiger partial charge in [0.05, 0.1) is 22.9 Å². The summed E-state index contributed by atoms with van der Waals surface area (Å²) < 4.78 is 40.6. The first kappa shape index (κ1) is 18.6. The Balaban J connectivity index is 2.04. The van der Waals surface area contributed by atoms with E-state index in [1.54, 1.807) is 31.2 Å². The summed E-state index contributed by atoms with van der Waals surface area (Å²) in [6.45, 7) is 1.64. The molecule has 5 nitrogen and oxygen atoms in total. The summed E-state index contributed by atoms with van der Waals surface area (Å²) in [4.78, 5) is 29.0. The van der Waals surface area contributed by atoms with Crippen LogP contribution in [-0.2, 0) is 23.8 Å². The van der Waals surface area contributed by atoms with E-state index in [4.69, 9.17) is 0 Å². The molecule has 1 amide bonds. The number of aromatic nitrogens is 2. The third-order valence-electron chi connectivity index (χ3n) is 4.03. The van der Waals surface area contributed by atoms with Crippen molar-refractivity contribution in [2.45, 2.75) is 25.9 Å². The number of nitrogens with zero attached hydrogens (tertiary/aromatic N) is 2. The number of fused-ring (bicyclic) bond motifs is 1. The van der Waals surface area contributed by atoms with Gasteiger partial charge in [0, 0.05) is 6.42 Å². The Morgan fingerprint density at radius 2 is 1.81 bits per heavy atom. The quantitative estimate of drug-likeness (QED) is 0.761. The molecule has 2 aromatic carbocycles. The van der Waals surface area contributed by atoms with Gasteiger partial charge in [0.15, 0.2) is 0 Å². The van der Waals surface area contributed by atoms with Gasteiger partial charge in [-0.15, -0.1) is 0 Å². The van der Waals surface area contributed by atoms with Gasteiger partial charge in [-0.25, -0.2) is 9.66 Å². The number of para-hydroxylation sites is 1. The molecule has 1 heterocycles. The Morgan fingerprint density at radius 1 is 1.11 bits per heavy atom. The third-order valence-corrected chi connectivity index (χ3v) is 4.03. The number of benzene rings is 2. The van der Waals surface area contributed by atoms with Crippen LogP contribution in [-0.4, -0.2) is 15.6 Å². The highest BCUT2D eigenvalue weighted by atomic mass is 19.4. The van der Waals surface area contributed by atoms with Gasteiger partial charge in [0.1, 0.15) is 5.82 Å². The Hall–Kier alpha value is -3.16. The first-order chi connectivity index (χ1) is 12.8. The highest BCUT2D eigenvalue weighted by Crippen LogP contribution is 2.33. The van der Waals surface area contributed by atoms with Gasteiger partial charge < -0.3 is 0 Å². The lowest BCUT2D eigenvalue weighted by molar-refractivity contribution is -0.136. The van der Waals surface area contributed by atoms with Crippen LogP contribution in [0.1, 0.15) is 23.9 Å². The van der Waals surface area contributed by atoms with Crippen molar-refractivity contribution in [1.82, 2.24) is 9.66 Å². The number of hydrogen-bond acceptors (Lipinski definition) is 3. The Kier molecular flexibility index (Phi) is 4.98. The van der Waals surface area contributed by atoms with Crippen molar-refractivity contribution in [1.29, 1.82) is 0 Å². The SMILES string of the molecule is CCc1nc2c(C(F)(F)F)cccc2c(=O)n1NC(=O)Cc1ccccc1. The second-order valence-corrected chi connectivity index (χ2v) is 5.92. The van der Waals surface area contributed by atoms with Crippen LogP contribution in [0.4, 0.5) is 13.2 Å². The van der Waals surface area contributed by atoms with Gasteiger partial charge in [-0.3, -0.25) is 15.0 Å². The van der Waals surface area contributed by atoms with Crippen LogP contribution < -0.4 is 11.0 Å². The van der Waals surface area contributed by atoms with Gasteiger partial charge in [-0.1, -0.05) is 43.3 Å². The fourth-order valence-electron chi connectivity index (χ4n) is 2.78. The standard InChI is InChI=1S/C19H16F3N3O2/c1-2-15-23-17-13(9-6-10-14(17)19(20,21)22)18(27)25(15)24-16(26)11-12-7-4-3-5-8-12/h3-10H,2,11H2,1H3,(H,24,26). The van der Waals surface area contributed by atoms with Gasteiger partial charge in [0.2, 0.25) is 5.91 Å². The summed E-state index contributed by atoms with van der Waals surface area (Å²) in [6.07, 6.45) is -4.44. The fraction of sp³-hybridized carbons (Fsp3) is 0.211. The van der Waals surface area contributed by atoms with Crippen molar-refractivity contribution >= 4 is 16.8 Å². The van der Waals surface area contributed by atoms with Crippen molar-refractivity contribution < 1.29 is 18.0 Å². The van der Waals surface area contributed by atoms with Crippen LogP contribution >= 0.6 is 0 Å². The minimum atomic E-state index is -4.63. The maximum Gasteiger partial charge on any atom is 0.418 e. The van der Waals surface area contributed by atoms with E-state index < -0.39 is 28.7 Å². The molecule has 0 unspecified atom stereocenters. The summed E-state index contributed by atoms with van der Waals surface area (Å²) >= 11 is 0. The van der Waals surface area contributed by atoms with E-state index in [0.29, 0.717) is 0 Å². The first-order valence-electron chi connectivity index (χ1n) is 8.27. The zero-order chi connectivity index (χ0) is 19.6. The smallest absolute Gasteiger partial charge is 0.273 e. The van der Waals surface area contributed by atoms with Crippen LogP contribution in [0.25, 0.3) is 10.9 Å². The highest BCUT2D eigenvalue weighted by Gasteiger charge is 2.34. The van der Waals surface area contributed by atoms with E-state index in [9.17, 15) is 22.8 Å². The van der Waals surface area contributed by atoms with Gasteiger partial charge in [-0.05, 0) is 17.7 Å². The average Bonchev–Trinajstić information content (AvgIpc) is 2.63. The molecule has 0 aliphatic rings. The lowest BCUT2D eigenvalue weighted by atomic mass is 10.1. The zero-order valence-electron chi connectivity index (χ0n) is 14.4. The average molecular weight is 375 g/mol. The normalized spacial score (nSPS) is 11.6. The van der Waals surface area contributed by atoms with Crippen LogP contribution in [0.5, 0.6) is 0 Å². The van der Waals surface area contributed by atoms with Gasteiger partial charge in [0.25, 0.3) is 5.56 Å². The number of nitrogens with one attached hydrogen (secondary N) is 1. The van der Waals surface area contributed by atoms with E-state index in [2.05, 4.69) is 10.4 Å². The van der Waals surface area contributed by atoms with Crippen molar-refractivity contribution in [3.63, 3.8) is 0 Å². The molecule has 140 valence electrons. The number of amides is 1. The molecule has 0 spiro atoms. The van der Waals surface area contributed by atoms with E-state index in [-0.39, 0.29) is 24.1 Å². The van der Waals surface area contributed by atoms with E-state index in [1.165, 1.54) is 6.07 Å². The largest absolute Gasteiger partial charge is 0.418 e. The monoisotopic (exact) mass is 375 g/mol. The van der Waals surface area contributed by atoms with Crippen molar-refractivity contribution in [3.8, 4) is 0 Å². The summed E-state index contributed by atoms with van der Waals surface area (Å²) in [5, 5.41) is -0.206. The molecule has 0 saturated carbocycles. The molecule has 8 heteroatoms. The summed E-state index contributed by atoms with van der Waals surface area (Å²) in [5.74, 6) is -0.420. The number of carbonyl (C=O) groups is 1. The highest BCUT2D eigenvalue weighted by molar-refractivity contribution is 5.87. The van der Waals surface area contributed by atoms with Crippen molar-refractivity contribution in [2.24, 2.45) is 0 Å². The Morgan fingerprint density at radius 3 is 2.44 bits per heavy atom. The van der Waals surface area contributed by atoms with Crippen LogP contribution in [0.15, 0.2) is 53.3 Å². The van der Waals surface area contributed by atoms with Crippen molar-refractivity contribution in [3.05, 3.63) is 75.8 Å². The lowest BCUT2D eigenvalue weighted by Gasteiger charge is -2.15. The maximum absolute atomic E-state index is 13.2. The molecule has 0 aliphatic heterocycles. The van der Waals surface area contributed by atoms with Crippen LogP contribution in [0.3, 0.4) is 0 Å². The zero-order valence-corrected chi connectivity index (χ0v) is 14.4. The number of aryl methyl sites for hydroxylation is 1. The molecule has 0 saturated heterocycles. The summed E-state index contributed by atoms with van der Waals surface area (Å²) in [6, 6.07) is 12.2. The molecule has 1 N–H and O–H groups in total. The minimum Gasteiger partial charge on any atom is -0.273 e. The molecule has 27 heavy (non-hydrogen) atoms. The molecule has 0 fully saturated rings. The van der Waals surface area contributed by atoms with E-state index >= 15 is 0 Å². The van der Waals surface area contributed by atoms with Crippen LogP contribution in [0.2, 0.25) is 0 Å². The summed E-state index contributed by atoms with van der Waals surface area (Å²) in [7, 11) is 0. The lowest BCUT2D eigenvalue weighted by Crippen LogP contribution is -2.37. The molecule has 3 rings (SSSR count). The van der Waals surface area contributed by atoms with E-state index in [0.717, 1.165) is 22.4 Å². The predicted molar refractivity (Wildman–Crippen MR) is 94.9 cm³/mol. The first-order valence-corrected chi connectivity index (χ1v) is 8.27. The van der Waals surface area contributed by atoms with Crippen molar-refractivity contribution in [2.75, 3.05) is 5.43 Å². The molecule has 1 aromatic heterocycles. The maximum atomic E-state index is 13.2. The number of carbonyl (C=O) groups excluding carboxylic acids is 1. The number of rotatable bonds is 4. The minimum absolute atomic E-state index is 0.0249. The molecule has 0 atom stereocenters. The molecular formula is C19H16F3N3O2.